The predicted octanol–water partition coefficient (Wildman–Crippen LogP) is 4.79. The lowest BCUT2D eigenvalue weighted by Crippen LogP contribution is -2.14. The van der Waals surface area contributed by atoms with Crippen LogP contribution in [0.3, 0.4) is 0 Å². The molecule has 0 aliphatic rings. The number of halogens is 1. The molecule has 0 aliphatic carbocycles. The molecule has 6 heteroatoms. The van der Waals surface area contributed by atoms with Gasteiger partial charge in [0.2, 0.25) is 5.91 Å². The zero-order chi connectivity index (χ0) is 20.6. The average molecular weight is 410 g/mol. The minimum Gasteiger partial charge on any atom is -0.497 e. The molecule has 0 radical (unpaired) electrons. The Morgan fingerprint density at radius 2 is 1.62 bits per heavy atom. The number of ether oxygens (including phenoxy) is 2. The molecular formula is C23H20ClNO4. The first-order valence-electron chi connectivity index (χ1n) is 8.98. The molecule has 0 saturated carbocycles. The van der Waals surface area contributed by atoms with Crippen molar-refractivity contribution in [2.24, 2.45) is 0 Å². The van der Waals surface area contributed by atoms with E-state index in [0.29, 0.717) is 27.8 Å². The Kier molecular flexibility index (Phi) is 6.87. The van der Waals surface area contributed by atoms with Crippen LogP contribution in [0.1, 0.15) is 15.9 Å². The summed E-state index contributed by atoms with van der Waals surface area (Å²) in [7, 11) is 1.57. The Bertz CT molecular complexity index is 985. The van der Waals surface area contributed by atoms with Crippen LogP contribution < -0.4 is 14.8 Å². The van der Waals surface area contributed by atoms with Crippen molar-refractivity contribution in [2.45, 2.75) is 6.42 Å². The molecule has 0 bridgehead atoms. The van der Waals surface area contributed by atoms with Crippen molar-refractivity contribution in [3.63, 3.8) is 0 Å². The Morgan fingerprint density at radius 3 is 2.28 bits per heavy atom. The first-order valence-corrected chi connectivity index (χ1v) is 9.36. The molecule has 148 valence electrons. The van der Waals surface area contributed by atoms with E-state index < -0.39 is 0 Å². The zero-order valence-electron chi connectivity index (χ0n) is 15.9. The maximum Gasteiger partial charge on any atom is 0.228 e. The van der Waals surface area contributed by atoms with Gasteiger partial charge in [-0.15, -0.1) is 0 Å². The highest BCUT2D eigenvalue weighted by Gasteiger charge is 2.08. The lowest BCUT2D eigenvalue weighted by atomic mass is 10.1. The van der Waals surface area contributed by atoms with E-state index in [9.17, 15) is 9.59 Å². The van der Waals surface area contributed by atoms with Gasteiger partial charge in [0.25, 0.3) is 0 Å². The summed E-state index contributed by atoms with van der Waals surface area (Å²) in [5.41, 5.74) is 2.04. The first kappa shape index (κ1) is 20.4. The van der Waals surface area contributed by atoms with Crippen molar-refractivity contribution >= 4 is 29.0 Å². The largest absolute Gasteiger partial charge is 0.497 e. The standard InChI is InChI=1S/C23H20ClNO4/c1-28-20-9-5-17(6-10-20)22(26)15-29-21-11-7-19(8-12-21)25-23(27)14-16-3-2-4-18(24)13-16/h2-13H,14-15H2,1H3,(H,25,27). The van der Waals surface area contributed by atoms with Gasteiger partial charge >= 0.3 is 0 Å². The van der Waals surface area contributed by atoms with E-state index in [2.05, 4.69) is 5.32 Å². The molecular weight excluding hydrogens is 390 g/mol. The lowest BCUT2D eigenvalue weighted by Gasteiger charge is -2.09. The number of anilines is 1. The molecule has 3 rings (SSSR count). The molecule has 1 amide bonds. The topological polar surface area (TPSA) is 64.6 Å². The van der Waals surface area contributed by atoms with Crippen molar-refractivity contribution in [3.05, 3.63) is 88.9 Å². The summed E-state index contributed by atoms with van der Waals surface area (Å²) >= 11 is 5.94. The number of rotatable bonds is 8. The third-order valence-corrected chi connectivity index (χ3v) is 4.41. The highest BCUT2D eigenvalue weighted by molar-refractivity contribution is 6.30. The summed E-state index contributed by atoms with van der Waals surface area (Å²) in [5, 5.41) is 3.42. The van der Waals surface area contributed by atoms with Crippen LogP contribution in [0.25, 0.3) is 0 Å². The van der Waals surface area contributed by atoms with Crippen LogP contribution in [-0.4, -0.2) is 25.4 Å². The van der Waals surface area contributed by atoms with Gasteiger partial charge in [-0.05, 0) is 66.2 Å². The molecule has 0 fully saturated rings. The summed E-state index contributed by atoms with van der Waals surface area (Å²) < 4.78 is 10.6. The van der Waals surface area contributed by atoms with Gasteiger partial charge in [0.15, 0.2) is 12.4 Å². The third-order valence-electron chi connectivity index (χ3n) is 4.17. The van der Waals surface area contributed by atoms with Crippen molar-refractivity contribution in [2.75, 3.05) is 19.0 Å². The quantitative estimate of drug-likeness (QED) is 0.543. The molecule has 0 spiro atoms. The maximum absolute atomic E-state index is 12.2. The number of hydrogen-bond acceptors (Lipinski definition) is 4. The smallest absolute Gasteiger partial charge is 0.228 e. The molecule has 0 unspecified atom stereocenters. The van der Waals surface area contributed by atoms with Crippen LogP contribution in [0.4, 0.5) is 5.69 Å². The van der Waals surface area contributed by atoms with E-state index >= 15 is 0 Å². The fourth-order valence-corrected chi connectivity index (χ4v) is 2.89. The number of Topliss-reactive ketones (excluding diaryl/α,β-unsaturated/α-hetero) is 1. The minimum absolute atomic E-state index is 0.0766. The molecule has 5 nitrogen and oxygen atoms in total. The Balaban J connectivity index is 1.50. The summed E-state index contributed by atoms with van der Waals surface area (Å²) in [4.78, 5) is 24.4. The summed E-state index contributed by atoms with van der Waals surface area (Å²) in [5.74, 6) is 0.956. The van der Waals surface area contributed by atoms with Crippen LogP contribution in [0, 0.1) is 0 Å². The number of nitrogens with one attached hydrogen (secondary N) is 1. The number of hydrogen-bond donors (Lipinski definition) is 1. The molecule has 0 heterocycles. The van der Waals surface area contributed by atoms with Crippen LogP contribution in [0.15, 0.2) is 72.8 Å². The Hall–Kier alpha value is -3.31. The molecule has 0 saturated heterocycles. The van der Waals surface area contributed by atoms with Crippen LogP contribution in [-0.2, 0) is 11.2 Å². The number of carbonyl (C=O) groups is 2. The third kappa shape index (κ3) is 6.09. The number of benzene rings is 3. The van der Waals surface area contributed by atoms with E-state index in [-0.39, 0.29) is 24.7 Å². The van der Waals surface area contributed by atoms with Crippen LogP contribution in [0.5, 0.6) is 11.5 Å². The second kappa shape index (κ2) is 9.75. The molecule has 3 aromatic rings. The Labute approximate surface area is 174 Å². The van der Waals surface area contributed by atoms with E-state index in [1.807, 2.05) is 12.1 Å². The fourth-order valence-electron chi connectivity index (χ4n) is 2.68. The normalized spacial score (nSPS) is 10.3. The van der Waals surface area contributed by atoms with Gasteiger partial charge in [0.1, 0.15) is 11.5 Å². The van der Waals surface area contributed by atoms with Gasteiger partial charge in [-0.25, -0.2) is 0 Å². The monoisotopic (exact) mass is 409 g/mol. The second-order valence-electron chi connectivity index (χ2n) is 6.32. The predicted molar refractivity (Wildman–Crippen MR) is 113 cm³/mol. The minimum atomic E-state index is -0.143. The van der Waals surface area contributed by atoms with E-state index in [0.717, 1.165) is 5.56 Å². The SMILES string of the molecule is COc1ccc(C(=O)COc2ccc(NC(=O)Cc3cccc(Cl)c3)cc2)cc1. The lowest BCUT2D eigenvalue weighted by molar-refractivity contribution is -0.115. The fraction of sp³-hybridized carbons (Fsp3) is 0.130. The van der Waals surface area contributed by atoms with Crippen molar-refractivity contribution in [3.8, 4) is 11.5 Å². The zero-order valence-corrected chi connectivity index (χ0v) is 16.6. The van der Waals surface area contributed by atoms with E-state index in [1.54, 1.807) is 67.8 Å². The maximum atomic E-state index is 12.2. The van der Waals surface area contributed by atoms with Gasteiger partial charge in [-0.3, -0.25) is 9.59 Å². The summed E-state index contributed by atoms with van der Waals surface area (Å²) in [6.45, 7) is -0.0766. The van der Waals surface area contributed by atoms with Crippen LogP contribution >= 0.6 is 11.6 Å². The molecule has 3 aromatic carbocycles. The number of amides is 1. The molecule has 1 N–H and O–H groups in total. The van der Waals surface area contributed by atoms with Gasteiger partial charge in [0, 0.05) is 16.3 Å². The molecule has 0 aliphatic heterocycles. The van der Waals surface area contributed by atoms with Crippen molar-refractivity contribution in [1.29, 1.82) is 0 Å². The summed E-state index contributed by atoms with van der Waals surface area (Å²) in [6.07, 6.45) is 0.231. The number of methoxy groups -OCH3 is 1. The molecule has 29 heavy (non-hydrogen) atoms. The highest BCUT2D eigenvalue weighted by Crippen LogP contribution is 2.18. The van der Waals surface area contributed by atoms with Gasteiger partial charge in [0.05, 0.1) is 13.5 Å². The first-order chi connectivity index (χ1) is 14.0. The molecule has 0 aromatic heterocycles. The van der Waals surface area contributed by atoms with Gasteiger partial charge in [-0.1, -0.05) is 23.7 Å². The average Bonchev–Trinajstić information content (AvgIpc) is 2.73. The number of carbonyl (C=O) groups excluding carboxylic acids is 2. The molecule has 0 atom stereocenters. The van der Waals surface area contributed by atoms with E-state index in [4.69, 9.17) is 21.1 Å². The van der Waals surface area contributed by atoms with Crippen molar-refractivity contribution < 1.29 is 19.1 Å². The number of ketones is 1. The van der Waals surface area contributed by atoms with E-state index in [1.165, 1.54) is 0 Å². The van der Waals surface area contributed by atoms with Gasteiger partial charge in [-0.2, -0.15) is 0 Å². The Morgan fingerprint density at radius 1 is 0.931 bits per heavy atom. The second-order valence-corrected chi connectivity index (χ2v) is 6.76. The summed E-state index contributed by atoms with van der Waals surface area (Å²) in [6, 6.07) is 20.9. The van der Waals surface area contributed by atoms with Crippen LogP contribution in [0.2, 0.25) is 5.02 Å². The van der Waals surface area contributed by atoms with Crippen molar-refractivity contribution in [1.82, 2.24) is 0 Å². The highest BCUT2D eigenvalue weighted by atomic mass is 35.5. The van der Waals surface area contributed by atoms with Gasteiger partial charge < -0.3 is 14.8 Å².